The summed E-state index contributed by atoms with van der Waals surface area (Å²) in [7, 11) is 1.61. The fourth-order valence-electron chi connectivity index (χ4n) is 3.23. The molecule has 5 nitrogen and oxygen atoms in total. The molecule has 1 fully saturated rings. The predicted molar refractivity (Wildman–Crippen MR) is 103 cm³/mol. The fraction of sp³-hybridized carbons (Fsp3) is 0.350. The lowest BCUT2D eigenvalue weighted by Gasteiger charge is -2.20. The molecule has 2 aromatic carbocycles. The first-order valence-corrected chi connectivity index (χ1v) is 9.06. The van der Waals surface area contributed by atoms with Gasteiger partial charge in [0.2, 0.25) is 0 Å². The molecule has 0 amide bonds. The van der Waals surface area contributed by atoms with Crippen molar-refractivity contribution in [3.63, 3.8) is 0 Å². The normalized spacial score (nSPS) is 17.1. The van der Waals surface area contributed by atoms with Crippen LogP contribution in [-0.4, -0.2) is 38.8 Å². The molecule has 2 N–H and O–H groups in total. The number of alkyl halides is 2. The highest BCUT2D eigenvalue weighted by Gasteiger charge is 2.23. The summed E-state index contributed by atoms with van der Waals surface area (Å²) < 4.78 is 43.6. The van der Waals surface area contributed by atoms with E-state index >= 15 is 0 Å². The lowest BCUT2D eigenvalue weighted by atomic mass is 10.2. The minimum Gasteiger partial charge on any atom is -0.434 e. The van der Waals surface area contributed by atoms with Crippen LogP contribution in [0.5, 0.6) is 5.75 Å². The summed E-state index contributed by atoms with van der Waals surface area (Å²) in [6.07, 6.45) is 0.926. The summed E-state index contributed by atoms with van der Waals surface area (Å²) in [6, 6.07) is 14.2. The molecule has 28 heavy (non-hydrogen) atoms. The largest absolute Gasteiger partial charge is 0.434 e. The second-order valence-electron chi connectivity index (χ2n) is 6.43. The second kappa shape index (κ2) is 9.34. The summed E-state index contributed by atoms with van der Waals surface area (Å²) in [5.41, 5.74) is 1.19. The Balaban J connectivity index is 1.58. The number of guanidine groups is 1. The van der Waals surface area contributed by atoms with Gasteiger partial charge in [0, 0.05) is 44.0 Å². The van der Waals surface area contributed by atoms with E-state index in [2.05, 4.69) is 37.4 Å². The van der Waals surface area contributed by atoms with Gasteiger partial charge in [-0.15, -0.1) is 0 Å². The average molecular weight is 392 g/mol. The van der Waals surface area contributed by atoms with Crippen molar-refractivity contribution in [2.75, 3.05) is 25.0 Å². The van der Waals surface area contributed by atoms with Crippen molar-refractivity contribution in [1.29, 1.82) is 0 Å². The lowest BCUT2D eigenvalue weighted by molar-refractivity contribution is -0.0506. The molecule has 1 aliphatic heterocycles. The molecule has 0 spiro atoms. The molecule has 2 aromatic rings. The quantitative estimate of drug-likeness (QED) is 0.585. The SMILES string of the molecule is CN=C(NCc1c(F)cccc1OC(F)F)NC1CCN(c2ccccc2)C1. The number of nitrogens with zero attached hydrogens (tertiary/aromatic N) is 2. The maximum atomic E-state index is 14.1. The third kappa shape index (κ3) is 5.09. The van der Waals surface area contributed by atoms with Crippen LogP contribution in [0.4, 0.5) is 18.9 Å². The Morgan fingerprint density at radius 2 is 2.00 bits per heavy atom. The minimum absolute atomic E-state index is 0.0243. The van der Waals surface area contributed by atoms with Gasteiger partial charge < -0.3 is 20.3 Å². The van der Waals surface area contributed by atoms with Gasteiger partial charge in [0.15, 0.2) is 5.96 Å². The van der Waals surface area contributed by atoms with Gasteiger partial charge in [0.1, 0.15) is 11.6 Å². The first-order chi connectivity index (χ1) is 13.6. The van der Waals surface area contributed by atoms with E-state index in [0.717, 1.165) is 25.2 Å². The number of aliphatic imine (C=N–C) groups is 1. The molecule has 1 saturated heterocycles. The monoisotopic (exact) mass is 392 g/mol. The van der Waals surface area contributed by atoms with Crippen molar-refractivity contribution >= 4 is 11.6 Å². The molecule has 1 atom stereocenters. The van der Waals surface area contributed by atoms with E-state index in [-0.39, 0.29) is 23.9 Å². The Kier molecular flexibility index (Phi) is 6.62. The predicted octanol–water partition coefficient (Wildman–Crippen LogP) is 3.37. The maximum absolute atomic E-state index is 14.1. The Morgan fingerprint density at radius 3 is 2.71 bits per heavy atom. The number of para-hydroxylation sites is 1. The molecule has 0 saturated carbocycles. The lowest BCUT2D eigenvalue weighted by Crippen LogP contribution is -2.44. The van der Waals surface area contributed by atoms with Gasteiger partial charge in [-0.2, -0.15) is 8.78 Å². The number of nitrogens with one attached hydrogen (secondary N) is 2. The number of rotatable bonds is 6. The minimum atomic E-state index is -3.01. The van der Waals surface area contributed by atoms with Crippen LogP contribution in [0.15, 0.2) is 53.5 Å². The maximum Gasteiger partial charge on any atom is 0.387 e. The molecule has 0 bridgehead atoms. The summed E-state index contributed by atoms with van der Waals surface area (Å²) >= 11 is 0. The van der Waals surface area contributed by atoms with Gasteiger partial charge >= 0.3 is 6.61 Å². The van der Waals surface area contributed by atoms with Crippen LogP contribution in [0.25, 0.3) is 0 Å². The second-order valence-corrected chi connectivity index (χ2v) is 6.43. The van der Waals surface area contributed by atoms with Crippen molar-refractivity contribution in [1.82, 2.24) is 10.6 Å². The number of ether oxygens (including phenoxy) is 1. The van der Waals surface area contributed by atoms with Crippen LogP contribution < -0.4 is 20.3 Å². The molecule has 3 rings (SSSR count). The molecule has 1 unspecified atom stereocenters. The number of anilines is 1. The summed E-state index contributed by atoms with van der Waals surface area (Å²) in [5, 5.41) is 6.28. The van der Waals surface area contributed by atoms with Crippen molar-refractivity contribution < 1.29 is 17.9 Å². The fourth-order valence-corrected chi connectivity index (χ4v) is 3.23. The van der Waals surface area contributed by atoms with Crippen LogP contribution >= 0.6 is 0 Å². The number of hydrogen-bond acceptors (Lipinski definition) is 3. The van der Waals surface area contributed by atoms with E-state index in [4.69, 9.17) is 0 Å². The molecule has 8 heteroatoms. The van der Waals surface area contributed by atoms with Crippen LogP contribution in [0.1, 0.15) is 12.0 Å². The molecule has 0 radical (unpaired) electrons. The zero-order valence-corrected chi connectivity index (χ0v) is 15.5. The van der Waals surface area contributed by atoms with Crippen molar-refractivity contribution in [2.45, 2.75) is 25.6 Å². The standard InChI is InChI=1S/C20H23F3N4O/c1-24-20(25-12-16-17(21)8-5-9-18(16)28-19(22)23)26-14-10-11-27(13-14)15-6-3-2-4-7-15/h2-9,14,19H,10-13H2,1H3,(H2,24,25,26). The van der Waals surface area contributed by atoms with Crippen LogP contribution in [0, 0.1) is 5.82 Å². The van der Waals surface area contributed by atoms with E-state index in [0.29, 0.717) is 5.96 Å². The third-order valence-corrected chi connectivity index (χ3v) is 4.60. The highest BCUT2D eigenvalue weighted by Crippen LogP contribution is 2.23. The molecule has 0 aliphatic carbocycles. The van der Waals surface area contributed by atoms with Crippen molar-refractivity contribution in [3.8, 4) is 5.75 Å². The van der Waals surface area contributed by atoms with Gasteiger partial charge in [0.25, 0.3) is 0 Å². The van der Waals surface area contributed by atoms with E-state index in [1.165, 1.54) is 18.2 Å². The van der Waals surface area contributed by atoms with E-state index in [1.807, 2.05) is 18.2 Å². The highest BCUT2D eigenvalue weighted by molar-refractivity contribution is 5.80. The number of halogens is 3. The van der Waals surface area contributed by atoms with E-state index < -0.39 is 12.4 Å². The molecule has 1 heterocycles. The number of hydrogen-bond donors (Lipinski definition) is 2. The smallest absolute Gasteiger partial charge is 0.387 e. The molecule has 150 valence electrons. The van der Waals surface area contributed by atoms with Gasteiger partial charge in [0.05, 0.1) is 0 Å². The van der Waals surface area contributed by atoms with E-state index in [1.54, 1.807) is 7.05 Å². The topological polar surface area (TPSA) is 48.9 Å². The molecule has 0 aromatic heterocycles. The van der Waals surface area contributed by atoms with E-state index in [9.17, 15) is 13.2 Å². The Labute approximate surface area is 162 Å². The molecular formula is C20H23F3N4O. The highest BCUT2D eigenvalue weighted by atomic mass is 19.3. The Bertz CT molecular complexity index is 801. The Hall–Kier alpha value is -2.90. The van der Waals surface area contributed by atoms with Crippen molar-refractivity contribution in [2.24, 2.45) is 4.99 Å². The summed E-state index contributed by atoms with van der Waals surface area (Å²) in [4.78, 5) is 6.42. The van der Waals surface area contributed by atoms with Crippen LogP contribution in [0.3, 0.4) is 0 Å². The van der Waals surface area contributed by atoms with Crippen LogP contribution in [0.2, 0.25) is 0 Å². The zero-order chi connectivity index (χ0) is 19.9. The van der Waals surface area contributed by atoms with Crippen LogP contribution in [-0.2, 0) is 6.54 Å². The summed E-state index contributed by atoms with van der Waals surface area (Å²) in [6.45, 7) is -1.31. The van der Waals surface area contributed by atoms with Gasteiger partial charge in [-0.3, -0.25) is 4.99 Å². The third-order valence-electron chi connectivity index (χ3n) is 4.60. The molecule has 1 aliphatic rings. The van der Waals surface area contributed by atoms with Gasteiger partial charge in [-0.25, -0.2) is 4.39 Å². The zero-order valence-electron chi connectivity index (χ0n) is 15.5. The first-order valence-electron chi connectivity index (χ1n) is 9.06. The summed E-state index contributed by atoms with van der Waals surface area (Å²) in [5.74, 6) is -0.322. The molecular weight excluding hydrogens is 369 g/mol. The van der Waals surface area contributed by atoms with Gasteiger partial charge in [-0.1, -0.05) is 24.3 Å². The average Bonchev–Trinajstić information content (AvgIpc) is 3.15. The van der Waals surface area contributed by atoms with Crippen molar-refractivity contribution in [3.05, 3.63) is 59.9 Å². The van der Waals surface area contributed by atoms with Gasteiger partial charge in [-0.05, 0) is 30.7 Å². The first kappa shape index (κ1) is 19.9. The number of benzene rings is 2. The Morgan fingerprint density at radius 1 is 1.21 bits per heavy atom.